The molecule has 0 unspecified atom stereocenters. The van der Waals surface area contributed by atoms with Crippen LogP contribution in [0.3, 0.4) is 0 Å². The standard InChI is InChI=1S/C15H18N8O2/c1-3-9-8(2)16-15-18-14(21-23(15)13(9)25)17-12(24)11-20-19-10-6-4-5-7-22(10)11/h3-7H2,1-2H3,(H2,16,17,18,21,24). The highest BCUT2D eigenvalue weighted by molar-refractivity contribution is 6.00. The molecule has 4 heterocycles. The Hall–Kier alpha value is -3.04. The summed E-state index contributed by atoms with van der Waals surface area (Å²) in [5.74, 6) is 1.02. The summed E-state index contributed by atoms with van der Waals surface area (Å²) < 4.78 is 3.06. The molecule has 1 aliphatic rings. The summed E-state index contributed by atoms with van der Waals surface area (Å²) in [5, 5.41) is 13.5. The van der Waals surface area contributed by atoms with Gasteiger partial charge >= 0.3 is 0 Å². The number of H-pyrrole nitrogens is 1. The molecule has 0 aromatic carbocycles. The Morgan fingerprint density at radius 3 is 2.92 bits per heavy atom. The molecule has 130 valence electrons. The topological polar surface area (TPSA) is 123 Å². The van der Waals surface area contributed by atoms with Crippen LogP contribution in [-0.2, 0) is 19.4 Å². The molecule has 2 N–H and O–H groups in total. The van der Waals surface area contributed by atoms with Gasteiger partial charge in [-0.05, 0) is 26.2 Å². The second-order valence-corrected chi connectivity index (χ2v) is 6.04. The molecule has 0 spiro atoms. The number of aryl methyl sites for hydroxylation is 2. The monoisotopic (exact) mass is 342 g/mol. The zero-order valence-electron chi connectivity index (χ0n) is 14.0. The third kappa shape index (κ3) is 2.49. The van der Waals surface area contributed by atoms with E-state index in [1.54, 1.807) is 6.92 Å². The van der Waals surface area contributed by atoms with E-state index in [9.17, 15) is 9.59 Å². The minimum absolute atomic E-state index is 0.149. The maximum atomic E-state index is 12.5. The van der Waals surface area contributed by atoms with Crippen molar-refractivity contribution in [3.63, 3.8) is 0 Å². The summed E-state index contributed by atoms with van der Waals surface area (Å²) in [7, 11) is 0. The van der Waals surface area contributed by atoms with Gasteiger partial charge in [-0.2, -0.15) is 9.50 Å². The number of hydrogen-bond acceptors (Lipinski definition) is 6. The lowest BCUT2D eigenvalue weighted by Gasteiger charge is -2.13. The summed E-state index contributed by atoms with van der Waals surface area (Å²) in [5.41, 5.74) is 1.05. The first-order valence-electron chi connectivity index (χ1n) is 8.30. The van der Waals surface area contributed by atoms with Crippen LogP contribution in [0.1, 0.15) is 47.5 Å². The van der Waals surface area contributed by atoms with E-state index in [0.717, 1.165) is 31.6 Å². The van der Waals surface area contributed by atoms with E-state index in [1.165, 1.54) is 4.52 Å². The van der Waals surface area contributed by atoms with Crippen LogP contribution in [0.4, 0.5) is 5.95 Å². The van der Waals surface area contributed by atoms with E-state index >= 15 is 0 Å². The van der Waals surface area contributed by atoms with Gasteiger partial charge in [0.2, 0.25) is 11.8 Å². The van der Waals surface area contributed by atoms with Crippen LogP contribution in [0.15, 0.2) is 4.79 Å². The predicted octanol–water partition coefficient (Wildman–Crippen LogP) is 0.469. The molecule has 0 bridgehead atoms. The van der Waals surface area contributed by atoms with Crippen LogP contribution in [-0.4, -0.2) is 40.3 Å². The Labute approximate surface area is 142 Å². The predicted molar refractivity (Wildman–Crippen MR) is 88.6 cm³/mol. The van der Waals surface area contributed by atoms with Gasteiger partial charge in [0.05, 0.1) is 5.69 Å². The molecule has 1 amide bonds. The summed E-state index contributed by atoms with van der Waals surface area (Å²) in [6, 6.07) is 0. The maximum Gasteiger partial charge on any atom is 0.295 e. The first-order chi connectivity index (χ1) is 12.1. The third-order valence-electron chi connectivity index (χ3n) is 4.44. The Bertz CT molecular complexity index is 1030. The number of nitrogens with zero attached hydrogens (tertiary/aromatic N) is 6. The Balaban J connectivity index is 1.67. The highest BCUT2D eigenvalue weighted by atomic mass is 16.2. The fourth-order valence-electron chi connectivity index (χ4n) is 3.16. The molecular weight excluding hydrogens is 324 g/mol. The maximum absolute atomic E-state index is 12.5. The van der Waals surface area contributed by atoms with Crippen molar-refractivity contribution >= 4 is 17.6 Å². The SMILES string of the molecule is CCc1c(C)nc2nc(NC(=O)c3nnc4n3CCCC4)[nH]n2c1=O. The molecule has 0 aliphatic carbocycles. The normalized spacial score (nSPS) is 13.8. The zero-order valence-corrected chi connectivity index (χ0v) is 14.0. The van der Waals surface area contributed by atoms with Crippen LogP contribution >= 0.6 is 0 Å². The molecule has 3 aromatic rings. The summed E-state index contributed by atoms with van der Waals surface area (Å²) in [6.45, 7) is 4.40. The summed E-state index contributed by atoms with van der Waals surface area (Å²) >= 11 is 0. The minimum atomic E-state index is -0.416. The molecule has 0 radical (unpaired) electrons. The Morgan fingerprint density at radius 2 is 2.12 bits per heavy atom. The van der Waals surface area contributed by atoms with Crippen LogP contribution in [0.25, 0.3) is 5.78 Å². The van der Waals surface area contributed by atoms with Crippen LogP contribution in [0.2, 0.25) is 0 Å². The van der Waals surface area contributed by atoms with Gasteiger partial charge in [-0.3, -0.25) is 20.0 Å². The van der Waals surface area contributed by atoms with Crippen molar-refractivity contribution < 1.29 is 4.79 Å². The van der Waals surface area contributed by atoms with Crippen molar-refractivity contribution in [3.8, 4) is 0 Å². The lowest BCUT2D eigenvalue weighted by atomic mass is 10.2. The van der Waals surface area contributed by atoms with Crippen molar-refractivity contribution in [1.82, 2.24) is 34.3 Å². The van der Waals surface area contributed by atoms with Gasteiger partial charge in [-0.15, -0.1) is 10.2 Å². The average molecular weight is 342 g/mol. The number of aromatic amines is 1. The Kier molecular flexibility index (Phi) is 3.59. The molecule has 1 aliphatic heterocycles. The first-order valence-corrected chi connectivity index (χ1v) is 8.30. The summed E-state index contributed by atoms with van der Waals surface area (Å²) in [4.78, 5) is 33.4. The number of anilines is 1. The van der Waals surface area contributed by atoms with Crippen molar-refractivity contribution in [1.29, 1.82) is 0 Å². The molecule has 0 atom stereocenters. The van der Waals surface area contributed by atoms with Gasteiger partial charge < -0.3 is 4.57 Å². The molecule has 0 fully saturated rings. The molecule has 0 saturated heterocycles. The molecule has 25 heavy (non-hydrogen) atoms. The van der Waals surface area contributed by atoms with E-state index < -0.39 is 5.91 Å². The van der Waals surface area contributed by atoms with E-state index in [2.05, 4.69) is 30.6 Å². The van der Waals surface area contributed by atoms with Gasteiger partial charge in [0.15, 0.2) is 0 Å². The van der Waals surface area contributed by atoms with Gasteiger partial charge in [-0.1, -0.05) is 6.92 Å². The molecule has 10 heteroatoms. The van der Waals surface area contributed by atoms with Gasteiger partial charge in [0, 0.05) is 18.5 Å². The van der Waals surface area contributed by atoms with Crippen LogP contribution in [0, 0.1) is 6.92 Å². The third-order valence-corrected chi connectivity index (χ3v) is 4.44. The number of aromatic nitrogens is 7. The van der Waals surface area contributed by atoms with Crippen LogP contribution < -0.4 is 10.9 Å². The molecule has 10 nitrogen and oxygen atoms in total. The largest absolute Gasteiger partial charge is 0.307 e. The Morgan fingerprint density at radius 1 is 1.28 bits per heavy atom. The zero-order chi connectivity index (χ0) is 17.6. The smallest absolute Gasteiger partial charge is 0.295 e. The van der Waals surface area contributed by atoms with Crippen molar-refractivity contribution in [2.24, 2.45) is 0 Å². The van der Waals surface area contributed by atoms with Crippen molar-refractivity contribution in [2.45, 2.75) is 46.1 Å². The highest BCUT2D eigenvalue weighted by Gasteiger charge is 2.22. The number of amides is 1. The van der Waals surface area contributed by atoms with Gasteiger partial charge in [0.1, 0.15) is 5.82 Å². The number of rotatable bonds is 3. The average Bonchev–Trinajstić information content (AvgIpc) is 3.19. The number of nitrogens with one attached hydrogen (secondary N) is 2. The van der Waals surface area contributed by atoms with Gasteiger partial charge in [-0.25, -0.2) is 4.98 Å². The van der Waals surface area contributed by atoms with Crippen molar-refractivity contribution in [2.75, 3.05) is 5.32 Å². The number of carbonyl (C=O) groups excluding carboxylic acids is 1. The minimum Gasteiger partial charge on any atom is -0.307 e. The number of hydrogen-bond donors (Lipinski definition) is 2. The summed E-state index contributed by atoms with van der Waals surface area (Å²) in [6.07, 6.45) is 3.45. The number of fused-ring (bicyclic) bond motifs is 2. The van der Waals surface area contributed by atoms with E-state index in [-0.39, 0.29) is 23.1 Å². The first kappa shape index (κ1) is 15.5. The molecule has 4 rings (SSSR count). The second kappa shape index (κ2) is 5.80. The van der Waals surface area contributed by atoms with E-state index in [0.29, 0.717) is 17.7 Å². The lowest BCUT2D eigenvalue weighted by Crippen LogP contribution is -2.22. The lowest BCUT2D eigenvalue weighted by molar-refractivity contribution is 0.101. The fourth-order valence-corrected chi connectivity index (χ4v) is 3.16. The highest BCUT2D eigenvalue weighted by Crippen LogP contribution is 2.15. The number of carbonyl (C=O) groups is 1. The molecule has 0 saturated carbocycles. The van der Waals surface area contributed by atoms with E-state index in [4.69, 9.17) is 0 Å². The van der Waals surface area contributed by atoms with Crippen LogP contribution in [0.5, 0.6) is 0 Å². The van der Waals surface area contributed by atoms with Crippen molar-refractivity contribution in [3.05, 3.63) is 33.3 Å². The quantitative estimate of drug-likeness (QED) is 0.713. The fraction of sp³-hybridized carbons (Fsp3) is 0.467. The van der Waals surface area contributed by atoms with E-state index in [1.807, 2.05) is 11.5 Å². The second-order valence-electron chi connectivity index (χ2n) is 6.04. The van der Waals surface area contributed by atoms with Gasteiger partial charge in [0.25, 0.3) is 17.2 Å². The molecule has 3 aromatic heterocycles. The molecular formula is C15H18N8O2.